The van der Waals surface area contributed by atoms with Gasteiger partial charge in [-0.2, -0.15) is 5.10 Å². The van der Waals surface area contributed by atoms with Gasteiger partial charge in [-0.05, 0) is 17.7 Å². The molecule has 2 aliphatic rings. The van der Waals surface area contributed by atoms with E-state index in [1.165, 1.54) is 0 Å². The van der Waals surface area contributed by atoms with Crippen molar-refractivity contribution in [2.24, 2.45) is 10.2 Å². The monoisotopic (exact) mass is 419 g/mol. The molecule has 1 fully saturated rings. The van der Waals surface area contributed by atoms with Crippen LogP contribution in [-0.4, -0.2) is 47.8 Å². The van der Waals surface area contributed by atoms with Gasteiger partial charge in [0.05, 0.1) is 18.9 Å². The summed E-state index contributed by atoms with van der Waals surface area (Å²) in [6, 6.07) is 8.20. The lowest BCUT2D eigenvalue weighted by molar-refractivity contribution is 0.0692. The molecular formula is C13H15Br2N3OS. The molecular weight excluding hydrogens is 406 g/mol. The first-order valence-corrected chi connectivity index (χ1v) is 7.97. The molecule has 2 heterocycles. The van der Waals surface area contributed by atoms with Crippen LogP contribution < -0.4 is 0 Å². The van der Waals surface area contributed by atoms with Crippen molar-refractivity contribution in [2.45, 2.75) is 0 Å². The summed E-state index contributed by atoms with van der Waals surface area (Å²) in [4.78, 5) is 2.25. The summed E-state index contributed by atoms with van der Waals surface area (Å²) in [6.07, 6.45) is 0. The molecule has 1 aromatic carbocycles. The smallest absolute Gasteiger partial charge is 0.186 e. The third kappa shape index (κ3) is 3.84. The number of hydrogen-bond donors (Lipinski definition) is 0. The van der Waals surface area contributed by atoms with Crippen molar-refractivity contribution in [3.63, 3.8) is 0 Å². The number of halogens is 2. The van der Waals surface area contributed by atoms with Gasteiger partial charge in [0.25, 0.3) is 0 Å². The topological polar surface area (TPSA) is 37.2 Å². The second-order valence-corrected chi connectivity index (χ2v) is 6.18. The number of hydrogen-bond acceptors (Lipinski definition) is 5. The molecule has 0 saturated carbocycles. The molecule has 1 aromatic rings. The summed E-state index contributed by atoms with van der Waals surface area (Å²) in [6.45, 7) is 3.38. The van der Waals surface area contributed by atoms with Gasteiger partial charge in [-0.1, -0.05) is 39.8 Å². The number of rotatable bonds is 1. The summed E-state index contributed by atoms with van der Waals surface area (Å²) < 4.78 is 6.43. The highest BCUT2D eigenvalue weighted by molar-refractivity contribution is 9.10. The van der Waals surface area contributed by atoms with Crippen LogP contribution in [0.15, 0.2) is 38.9 Å². The molecule has 0 aromatic heterocycles. The summed E-state index contributed by atoms with van der Waals surface area (Å²) in [5, 5.41) is 9.75. The first-order chi connectivity index (χ1) is 9.33. The maximum Gasteiger partial charge on any atom is 0.186 e. The normalized spacial score (nSPS) is 18.9. The van der Waals surface area contributed by atoms with Crippen LogP contribution in [0.3, 0.4) is 0 Å². The van der Waals surface area contributed by atoms with Crippen LogP contribution >= 0.6 is 44.7 Å². The van der Waals surface area contributed by atoms with E-state index in [-0.39, 0.29) is 17.0 Å². The Balaban J connectivity index is 0.00000147. The van der Waals surface area contributed by atoms with Crippen LogP contribution in [0.25, 0.3) is 0 Å². The number of ether oxygens (including phenoxy) is 1. The minimum atomic E-state index is 0. The number of nitrogens with zero attached hydrogens (tertiary/aromatic N) is 3. The van der Waals surface area contributed by atoms with Gasteiger partial charge < -0.3 is 9.64 Å². The van der Waals surface area contributed by atoms with Crippen LogP contribution in [0.5, 0.6) is 0 Å². The van der Waals surface area contributed by atoms with Crippen molar-refractivity contribution in [2.75, 3.05) is 32.1 Å². The van der Waals surface area contributed by atoms with E-state index in [0.717, 1.165) is 53.0 Å². The Morgan fingerprint density at radius 1 is 1.10 bits per heavy atom. The molecule has 0 atom stereocenters. The van der Waals surface area contributed by atoms with Crippen molar-refractivity contribution >= 4 is 55.6 Å². The Hall–Kier alpha value is -0.370. The average Bonchev–Trinajstić information content (AvgIpc) is 2.49. The van der Waals surface area contributed by atoms with Crippen molar-refractivity contribution in [3.05, 3.63) is 34.3 Å². The fourth-order valence-electron chi connectivity index (χ4n) is 1.99. The summed E-state index contributed by atoms with van der Waals surface area (Å²) in [5.74, 6) is 0.873. The van der Waals surface area contributed by atoms with Gasteiger partial charge in [0.2, 0.25) is 0 Å². The molecule has 0 aliphatic carbocycles. The van der Waals surface area contributed by atoms with E-state index >= 15 is 0 Å². The largest absolute Gasteiger partial charge is 0.378 e. The van der Waals surface area contributed by atoms with E-state index in [0.29, 0.717) is 0 Å². The molecule has 2 aliphatic heterocycles. The predicted octanol–water partition coefficient (Wildman–Crippen LogP) is 3.17. The molecule has 0 bridgehead atoms. The Morgan fingerprint density at radius 3 is 2.40 bits per heavy atom. The fourth-order valence-corrected chi connectivity index (χ4v) is 3.20. The summed E-state index contributed by atoms with van der Waals surface area (Å²) in [5.41, 5.74) is 2.18. The van der Waals surface area contributed by atoms with Crippen LogP contribution in [0.1, 0.15) is 5.56 Å². The van der Waals surface area contributed by atoms with Gasteiger partial charge in [-0.15, -0.1) is 22.1 Å². The minimum absolute atomic E-state index is 0. The number of morpholine rings is 1. The van der Waals surface area contributed by atoms with Gasteiger partial charge in [-0.3, -0.25) is 0 Å². The standard InChI is InChI=1S/C13H14BrN3OS.BrH/c14-11-3-1-10(2-4-11)12-9-19-13(16-15-12)17-5-7-18-8-6-17;/h1-4H,5-9H2;1H. The van der Waals surface area contributed by atoms with Crippen molar-refractivity contribution in [3.8, 4) is 0 Å². The van der Waals surface area contributed by atoms with Gasteiger partial charge >= 0.3 is 0 Å². The molecule has 20 heavy (non-hydrogen) atoms. The lowest BCUT2D eigenvalue weighted by Gasteiger charge is -2.29. The zero-order valence-corrected chi connectivity index (χ0v) is 14.9. The molecule has 0 spiro atoms. The minimum Gasteiger partial charge on any atom is -0.378 e. The van der Waals surface area contributed by atoms with E-state index in [1.54, 1.807) is 11.8 Å². The average molecular weight is 421 g/mol. The summed E-state index contributed by atoms with van der Waals surface area (Å²) in [7, 11) is 0. The van der Waals surface area contributed by atoms with E-state index in [9.17, 15) is 0 Å². The fraction of sp³-hybridized carbons (Fsp3) is 0.385. The maximum atomic E-state index is 5.35. The molecule has 4 nitrogen and oxygen atoms in total. The molecule has 0 radical (unpaired) electrons. The molecule has 0 N–H and O–H groups in total. The molecule has 0 unspecified atom stereocenters. The van der Waals surface area contributed by atoms with Crippen molar-refractivity contribution in [1.29, 1.82) is 0 Å². The Kier molecular flexibility index (Phi) is 6.07. The third-order valence-corrected chi connectivity index (χ3v) is 4.60. The van der Waals surface area contributed by atoms with E-state index in [1.807, 2.05) is 12.1 Å². The second kappa shape index (κ2) is 7.59. The maximum absolute atomic E-state index is 5.35. The predicted molar refractivity (Wildman–Crippen MR) is 93.3 cm³/mol. The van der Waals surface area contributed by atoms with Crippen molar-refractivity contribution < 1.29 is 4.74 Å². The van der Waals surface area contributed by atoms with E-state index in [4.69, 9.17) is 4.74 Å². The first-order valence-electron chi connectivity index (χ1n) is 6.19. The SMILES string of the molecule is Br.Brc1ccc(C2=NN=C(N3CCOCC3)SC2)cc1. The Morgan fingerprint density at radius 2 is 1.80 bits per heavy atom. The van der Waals surface area contributed by atoms with Crippen LogP contribution in [0.4, 0.5) is 0 Å². The first kappa shape index (κ1) is 16.0. The number of benzene rings is 1. The van der Waals surface area contributed by atoms with Gasteiger partial charge in [0.1, 0.15) is 0 Å². The highest BCUT2D eigenvalue weighted by Crippen LogP contribution is 2.20. The summed E-state index contributed by atoms with van der Waals surface area (Å²) >= 11 is 5.19. The van der Waals surface area contributed by atoms with Gasteiger partial charge in [-0.25, -0.2) is 0 Å². The number of thioether (sulfide) groups is 1. The highest BCUT2D eigenvalue weighted by atomic mass is 79.9. The molecule has 108 valence electrons. The lowest BCUT2D eigenvalue weighted by atomic mass is 10.1. The number of amidine groups is 1. The second-order valence-electron chi connectivity index (χ2n) is 4.32. The Labute approximate surface area is 141 Å². The van der Waals surface area contributed by atoms with Gasteiger partial charge in [0.15, 0.2) is 5.17 Å². The van der Waals surface area contributed by atoms with Crippen LogP contribution in [-0.2, 0) is 4.74 Å². The molecule has 0 amide bonds. The highest BCUT2D eigenvalue weighted by Gasteiger charge is 2.19. The molecule has 7 heteroatoms. The van der Waals surface area contributed by atoms with Crippen LogP contribution in [0.2, 0.25) is 0 Å². The third-order valence-electron chi connectivity index (χ3n) is 3.05. The Bertz CT molecular complexity index is 513. The van der Waals surface area contributed by atoms with E-state index in [2.05, 4.69) is 43.2 Å². The van der Waals surface area contributed by atoms with E-state index < -0.39 is 0 Å². The van der Waals surface area contributed by atoms with Crippen LogP contribution in [0, 0.1) is 0 Å². The van der Waals surface area contributed by atoms with Crippen molar-refractivity contribution in [1.82, 2.24) is 4.90 Å². The zero-order chi connectivity index (χ0) is 13.1. The molecule has 3 rings (SSSR count). The molecule has 1 saturated heterocycles. The quantitative estimate of drug-likeness (QED) is 0.700. The zero-order valence-electron chi connectivity index (χ0n) is 10.8. The lowest BCUT2D eigenvalue weighted by Crippen LogP contribution is -2.40. The van der Waals surface area contributed by atoms with Gasteiger partial charge in [0, 0.05) is 23.3 Å².